The lowest BCUT2D eigenvalue weighted by atomic mass is 10.1. The van der Waals surface area contributed by atoms with Crippen LogP contribution >= 0.6 is 0 Å². The average molecular weight is 280 g/mol. The Labute approximate surface area is 103 Å². The number of aromatic amines is 1. The Morgan fingerprint density at radius 3 is 2.42 bits per heavy atom. The second-order valence-electron chi connectivity index (χ2n) is 4.03. The van der Waals surface area contributed by atoms with E-state index in [2.05, 4.69) is 4.74 Å². The minimum Gasteiger partial charge on any atom is -0.387 e. The molecule has 1 fully saturated rings. The van der Waals surface area contributed by atoms with E-state index in [0.717, 1.165) is 12.3 Å². The van der Waals surface area contributed by atoms with Gasteiger partial charge in [0.2, 0.25) is 0 Å². The number of nitrogens with zero attached hydrogens (tertiary/aromatic N) is 1. The predicted molar refractivity (Wildman–Crippen MR) is 54.4 cm³/mol. The molecule has 0 amide bonds. The van der Waals surface area contributed by atoms with Gasteiger partial charge in [0.25, 0.3) is 5.56 Å². The van der Waals surface area contributed by atoms with Crippen LogP contribution in [-0.2, 0) is 4.74 Å². The van der Waals surface area contributed by atoms with Gasteiger partial charge in [0.15, 0.2) is 12.3 Å². The van der Waals surface area contributed by atoms with E-state index in [0.29, 0.717) is 4.57 Å². The largest absolute Gasteiger partial charge is 0.387 e. The van der Waals surface area contributed by atoms with Crippen LogP contribution in [0.5, 0.6) is 0 Å². The Bertz CT molecular complexity index is 579. The summed E-state index contributed by atoms with van der Waals surface area (Å²) in [5.74, 6) is 0. The van der Waals surface area contributed by atoms with E-state index < -0.39 is 41.9 Å². The topological polar surface area (TPSA) is 125 Å². The molecule has 4 N–H and O–H groups in total. The quantitative estimate of drug-likeness (QED) is 0.484. The molecule has 0 radical (unpaired) electrons. The normalized spacial score (nSPS) is 31.6. The number of nitrogens with one attached hydrogen (secondary N) is 1. The summed E-state index contributed by atoms with van der Waals surface area (Å²) in [4.78, 5) is 24.1. The lowest BCUT2D eigenvalue weighted by molar-refractivity contribution is -0.282. The number of hydrogen-bond donors (Lipinski definition) is 4. The van der Waals surface area contributed by atoms with Crippen LogP contribution in [0.25, 0.3) is 0 Å². The zero-order valence-electron chi connectivity index (χ0n) is 9.23. The first kappa shape index (κ1) is 13.8. The molecule has 8 nitrogen and oxygen atoms in total. The third-order valence-corrected chi connectivity index (χ3v) is 2.71. The third kappa shape index (κ3) is 2.42. The molecule has 2 rings (SSSR count). The van der Waals surface area contributed by atoms with Crippen molar-refractivity contribution in [1.82, 2.24) is 9.55 Å². The minimum absolute atomic E-state index is 0.626. The maximum absolute atomic E-state index is 12.7. The van der Waals surface area contributed by atoms with E-state index in [1.807, 2.05) is 4.98 Å². The standard InChI is InChI=1S/C9H10F2N2O6/c10-9(11,18)6-4(15)5(16)7(19-6)13-2-1-3(14)12-8(13)17/h1-2,4-7,15-16,18H,(H,12,14,17)/t4-,5+,6-,7+/m0/s1. The molecule has 0 aromatic carbocycles. The van der Waals surface area contributed by atoms with Gasteiger partial charge in [0.05, 0.1) is 0 Å². The molecule has 0 spiro atoms. The lowest BCUT2D eigenvalue weighted by Gasteiger charge is -2.19. The third-order valence-electron chi connectivity index (χ3n) is 2.71. The van der Waals surface area contributed by atoms with Gasteiger partial charge in [-0.25, -0.2) is 4.79 Å². The van der Waals surface area contributed by atoms with Gasteiger partial charge in [-0.15, -0.1) is 0 Å². The van der Waals surface area contributed by atoms with Crippen LogP contribution in [0, 0.1) is 0 Å². The fraction of sp³-hybridized carbons (Fsp3) is 0.556. The van der Waals surface area contributed by atoms with E-state index in [4.69, 9.17) is 5.11 Å². The van der Waals surface area contributed by atoms with Crippen LogP contribution in [-0.4, -0.2) is 49.3 Å². The van der Waals surface area contributed by atoms with Crippen LogP contribution < -0.4 is 11.2 Å². The smallest absolute Gasteiger partial charge is 0.382 e. The molecule has 0 aliphatic carbocycles. The zero-order valence-corrected chi connectivity index (χ0v) is 9.23. The summed E-state index contributed by atoms with van der Waals surface area (Å²) >= 11 is 0. The summed E-state index contributed by atoms with van der Waals surface area (Å²) in [6.07, 6.45) is -11.5. The van der Waals surface area contributed by atoms with E-state index in [-0.39, 0.29) is 0 Å². The molecule has 0 saturated carbocycles. The van der Waals surface area contributed by atoms with Crippen molar-refractivity contribution in [3.05, 3.63) is 33.1 Å². The predicted octanol–water partition coefficient (Wildman–Crippen LogP) is -2.26. The van der Waals surface area contributed by atoms with Gasteiger partial charge in [-0.1, -0.05) is 0 Å². The molecule has 0 bridgehead atoms. The van der Waals surface area contributed by atoms with E-state index in [1.54, 1.807) is 0 Å². The summed E-state index contributed by atoms with van der Waals surface area (Å²) in [6.45, 7) is 0. The Hall–Kier alpha value is -1.62. The molecule has 2 heterocycles. The Morgan fingerprint density at radius 1 is 1.32 bits per heavy atom. The molecule has 10 heteroatoms. The summed E-state index contributed by atoms with van der Waals surface area (Å²) in [5.41, 5.74) is -1.73. The Morgan fingerprint density at radius 2 is 1.95 bits per heavy atom. The van der Waals surface area contributed by atoms with Crippen LogP contribution in [0.3, 0.4) is 0 Å². The number of aliphatic hydroxyl groups excluding tert-OH is 2. The van der Waals surface area contributed by atoms with Crippen molar-refractivity contribution in [3.8, 4) is 0 Å². The summed E-state index contributed by atoms with van der Waals surface area (Å²) < 4.78 is 30.7. The number of alkyl halides is 2. The first-order valence-corrected chi connectivity index (χ1v) is 5.15. The van der Waals surface area contributed by atoms with Crippen molar-refractivity contribution in [2.45, 2.75) is 30.6 Å². The second kappa shape index (κ2) is 4.49. The van der Waals surface area contributed by atoms with Crippen molar-refractivity contribution in [2.75, 3.05) is 0 Å². The minimum atomic E-state index is -4.39. The monoisotopic (exact) mass is 280 g/mol. The van der Waals surface area contributed by atoms with Gasteiger partial charge in [-0.2, -0.15) is 8.78 Å². The maximum Gasteiger partial charge on any atom is 0.382 e. The lowest BCUT2D eigenvalue weighted by Crippen LogP contribution is -2.43. The van der Waals surface area contributed by atoms with Crippen molar-refractivity contribution >= 4 is 0 Å². The highest BCUT2D eigenvalue weighted by atomic mass is 19.3. The fourth-order valence-corrected chi connectivity index (χ4v) is 1.80. The zero-order chi connectivity index (χ0) is 14.4. The van der Waals surface area contributed by atoms with Gasteiger partial charge < -0.3 is 20.1 Å². The molecule has 1 aliphatic heterocycles. The first-order valence-electron chi connectivity index (χ1n) is 5.15. The SMILES string of the molecule is O=c1ccn([C@@H]2O[C@H](C(O)(F)F)[C@@H](O)[C@H]2O)c(=O)[nH]1. The molecular weight excluding hydrogens is 270 g/mol. The van der Waals surface area contributed by atoms with Crippen molar-refractivity contribution < 1.29 is 28.8 Å². The van der Waals surface area contributed by atoms with Gasteiger partial charge in [-0.3, -0.25) is 14.3 Å². The molecule has 106 valence electrons. The number of aliphatic hydroxyl groups is 3. The van der Waals surface area contributed by atoms with Gasteiger partial charge in [-0.05, 0) is 0 Å². The molecule has 19 heavy (non-hydrogen) atoms. The van der Waals surface area contributed by atoms with Gasteiger partial charge >= 0.3 is 11.8 Å². The van der Waals surface area contributed by atoms with E-state index in [1.165, 1.54) is 0 Å². The van der Waals surface area contributed by atoms with E-state index in [9.17, 15) is 28.6 Å². The number of rotatable bonds is 2. The molecule has 1 aromatic heterocycles. The van der Waals surface area contributed by atoms with Crippen LogP contribution in [0.2, 0.25) is 0 Å². The Balaban J connectivity index is 2.37. The van der Waals surface area contributed by atoms with Crippen molar-refractivity contribution in [2.24, 2.45) is 0 Å². The second-order valence-corrected chi connectivity index (χ2v) is 4.03. The Kier molecular flexibility index (Phi) is 3.26. The molecular formula is C9H10F2N2O6. The molecule has 1 aromatic rings. The fourth-order valence-electron chi connectivity index (χ4n) is 1.80. The van der Waals surface area contributed by atoms with Gasteiger partial charge in [0, 0.05) is 12.3 Å². The first-order chi connectivity index (χ1) is 8.71. The van der Waals surface area contributed by atoms with Crippen molar-refractivity contribution in [3.63, 3.8) is 0 Å². The number of halogens is 2. The van der Waals surface area contributed by atoms with E-state index >= 15 is 0 Å². The molecule has 1 saturated heterocycles. The molecule has 0 unspecified atom stereocenters. The highest BCUT2D eigenvalue weighted by Crippen LogP contribution is 2.35. The highest BCUT2D eigenvalue weighted by Gasteiger charge is 2.55. The molecule has 1 aliphatic rings. The summed E-state index contributed by atoms with van der Waals surface area (Å²) in [7, 11) is 0. The van der Waals surface area contributed by atoms with Crippen LogP contribution in [0.1, 0.15) is 6.23 Å². The number of H-pyrrole nitrogens is 1. The average Bonchev–Trinajstić information content (AvgIpc) is 2.56. The summed E-state index contributed by atoms with van der Waals surface area (Å²) in [6, 6.07) is 0.911. The number of aromatic nitrogens is 2. The number of hydrogen-bond acceptors (Lipinski definition) is 6. The van der Waals surface area contributed by atoms with Crippen LogP contribution in [0.15, 0.2) is 21.9 Å². The maximum atomic E-state index is 12.7. The van der Waals surface area contributed by atoms with Gasteiger partial charge in [0.1, 0.15) is 12.2 Å². The number of ether oxygens (including phenoxy) is 1. The highest BCUT2D eigenvalue weighted by molar-refractivity contribution is 4.95. The summed E-state index contributed by atoms with van der Waals surface area (Å²) in [5, 5.41) is 27.4. The molecule has 4 atom stereocenters. The van der Waals surface area contributed by atoms with Crippen LogP contribution in [0.4, 0.5) is 8.78 Å². The van der Waals surface area contributed by atoms with Crippen molar-refractivity contribution in [1.29, 1.82) is 0 Å².